The van der Waals surface area contributed by atoms with Crippen LogP contribution in [-0.4, -0.2) is 80.0 Å². The minimum Gasteiger partial charge on any atom is -0.475 e. The van der Waals surface area contributed by atoms with Gasteiger partial charge in [-0.1, -0.05) is 0 Å². The number of carbonyl (C=O) groups excluding carboxylic acids is 1. The molecule has 0 radical (unpaired) electrons. The number of nitrogens with one attached hydrogen (secondary N) is 1. The van der Waals surface area contributed by atoms with Gasteiger partial charge in [0.05, 0.1) is 13.2 Å². The highest BCUT2D eigenvalue weighted by Gasteiger charge is 2.50. The molecular formula is C17H24F3N3O4S. The monoisotopic (exact) mass is 423 g/mol. The molecule has 2 aliphatic heterocycles. The van der Waals surface area contributed by atoms with Gasteiger partial charge >= 0.3 is 18.2 Å². The maximum Gasteiger partial charge on any atom is 0.490 e. The van der Waals surface area contributed by atoms with E-state index >= 15 is 0 Å². The van der Waals surface area contributed by atoms with Gasteiger partial charge in [0.1, 0.15) is 0 Å². The number of likely N-dealkylation sites (tertiary alicyclic amines) is 1. The number of carbonyl (C=O) groups is 2. The Balaban J connectivity index is 0.000000345. The number of urea groups is 1. The van der Waals surface area contributed by atoms with E-state index in [4.69, 9.17) is 14.6 Å². The van der Waals surface area contributed by atoms with Crippen LogP contribution in [0.15, 0.2) is 16.8 Å². The van der Waals surface area contributed by atoms with Crippen LogP contribution in [-0.2, 0) is 16.1 Å². The van der Waals surface area contributed by atoms with Crippen molar-refractivity contribution in [1.82, 2.24) is 15.1 Å². The van der Waals surface area contributed by atoms with Crippen LogP contribution >= 0.6 is 11.3 Å². The van der Waals surface area contributed by atoms with Crippen molar-refractivity contribution >= 4 is 23.3 Å². The molecule has 158 valence electrons. The molecule has 2 fully saturated rings. The summed E-state index contributed by atoms with van der Waals surface area (Å²) < 4.78 is 37.4. The first-order chi connectivity index (χ1) is 13.0. The lowest BCUT2D eigenvalue weighted by Crippen LogP contribution is -2.45. The standard InChI is InChI=1S/C15H23N3O2S.C2HF3O2/c1-17(2)14(19)16-9-15-10-18(5-12-3-4-21-8-12)6-13(15)7-20-11-15;3-2(4,5)1(6)7/h3-4,8,13H,5-7,9-11H2,1-2H3,(H,16,19);(H,6,7)/t13-,15+;/m1./s1. The number of fused-ring (bicyclic) bond motifs is 1. The maximum atomic E-state index is 11.8. The van der Waals surface area contributed by atoms with Crippen molar-refractivity contribution in [1.29, 1.82) is 0 Å². The van der Waals surface area contributed by atoms with Crippen molar-refractivity contribution in [3.05, 3.63) is 22.4 Å². The Morgan fingerprint density at radius 3 is 2.68 bits per heavy atom. The summed E-state index contributed by atoms with van der Waals surface area (Å²) in [5.41, 5.74) is 1.47. The molecule has 2 aliphatic rings. The minimum absolute atomic E-state index is 0.0219. The smallest absolute Gasteiger partial charge is 0.475 e. The van der Waals surface area contributed by atoms with E-state index in [1.165, 1.54) is 5.56 Å². The van der Waals surface area contributed by atoms with E-state index in [0.717, 1.165) is 32.8 Å². The van der Waals surface area contributed by atoms with Crippen molar-refractivity contribution in [2.75, 3.05) is 46.9 Å². The molecule has 2 saturated heterocycles. The van der Waals surface area contributed by atoms with Crippen molar-refractivity contribution < 1.29 is 32.6 Å². The number of rotatable bonds is 4. The highest BCUT2D eigenvalue weighted by Crippen LogP contribution is 2.41. The van der Waals surface area contributed by atoms with E-state index in [2.05, 4.69) is 27.0 Å². The van der Waals surface area contributed by atoms with Crippen LogP contribution in [0.5, 0.6) is 0 Å². The molecule has 7 nitrogen and oxygen atoms in total. The van der Waals surface area contributed by atoms with Crippen LogP contribution in [0, 0.1) is 11.3 Å². The van der Waals surface area contributed by atoms with Crippen molar-refractivity contribution in [3.63, 3.8) is 0 Å². The van der Waals surface area contributed by atoms with Crippen LogP contribution < -0.4 is 5.32 Å². The van der Waals surface area contributed by atoms with Crippen molar-refractivity contribution in [3.8, 4) is 0 Å². The Kier molecular flexibility index (Phi) is 7.29. The SMILES string of the molecule is CN(C)C(=O)NC[C@]12COC[C@H]1CN(Cc1ccsc1)C2.O=C(O)C(F)(F)F. The fourth-order valence-electron chi connectivity index (χ4n) is 3.36. The molecule has 0 saturated carbocycles. The molecule has 1 aromatic rings. The molecule has 0 bridgehead atoms. The Labute approximate surface area is 165 Å². The topological polar surface area (TPSA) is 82.1 Å². The molecule has 2 atom stereocenters. The summed E-state index contributed by atoms with van der Waals surface area (Å²) in [6.45, 7) is 5.34. The summed E-state index contributed by atoms with van der Waals surface area (Å²) in [4.78, 5) is 24.8. The lowest BCUT2D eigenvalue weighted by atomic mass is 9.81. The third kappa shape index (κ3) is 5.82. The van der Waals surface area contributed by atoms with Crippen LogP contribution in [0.3, 0.4) is 0 Å². The van der Waals surface area contributed by atoms with E-state index in [1.807, 2.05) is 0 Å². The second kappa shape index (κ2) is 9.10. The Morgan fingerprint density at radius 2 is 2.14 bits per heavy atom. The largest absolute Gasteiger partial charge is 0.490 e. The second-order valence-corrected chi connectivity index (χ2v) is 8.01. The molecular weight excluding hydrogens is 399 g/mol. The van der Waals surface area contributed by atoms with Gasteiger partial charge in [-0.3, -0.25) is 4.90 Å². The zero-order valence-electron chi connectivity index (χ0n) is 15.7. The van der Waals surface area contributed by atoms with E-state index in [0.29, 0.717) is 12.5 Å². The van der Waals surface area contributed by atoms with Gasteiger partial charge in [-0.25, -0.2) is 9.59 Å². The van der Waals surface area contributed by atoms with Gasteiger partial charge in [0.2, 0.25) is 0 Å². The lowest BCUT2D eigenvalue weighted by molar-refractivity contribution is -0.192. The van der Waals surface area contributed by atoms with Gasteiger partial charge in [-0.05, 0) is 22.4 Å². The van der Waals surface area contributed by atoms with Crippen LogP contribution in [0.1, 0.15) is 5.56 Å². The summed E-state index contributed by atoms with van der Waals surface area (Å²) in [6, 6.07) is 2.17. The Hall–Kier alpha value is -1.85. The van der Waals surface area contributed by atoms with Crippen LogP contribution in [0.2, 0.25) is 0 Å². The number of nitrogens with zero attached hydrogens (tertiary/aromatic N) is 2. The quantitative estimate of drug-likeness (QED) is 0.775. The molecule has 11 heteroatoms. The first kappa shape index (κ1) is 22.4. The average Bonchev–Trinajstić information content (AvgIpc) is 3.28. The first-order valence-corrected chi connectivity index (χ1v) is 9.54. The van der Waals surface area contributed by atoms with Crippen molar-refractivity contribution in [2.45, 2.75) is 12.7 Å². The van der Waals surface area contributed by atoms with E-state index in [1.54, 1.807) is 30.3 Å². The number of thiophene rings is 1. The van der Waals surface area contributed by atoms with E-state index in [-0.39, 0.29) is 11.4 Å². The Bertz CT molecular complexity index is 669. The van der Waals surface area contributed by atoms with Gasteiger partial charge in [0, 0.05) is 51.6 Å². The minimum atomic E-state index is -5.08. The average molecular weight is 423 g/mol. The zero-order chi connectivity index (χ0) is 20.9. The number of hydrogen-bond donors (Lipinski definition) is 2. The van der Waals surface area contributed by atoms with Crippen molar-refractivity contribution in [2.24, 2.45) is 11.3 Å². The molecule has 0 unspecified atom stereocenters. The third-order valence-electron chi connectivity index (χ3n) is 4.82. The summed E-state index contributed by atoms with van der Waals surface area (Å²) in [7, 11) is 3.54. The number of ether oxygens (including phenoxy) is 1. The zero-order valence-corrected chi connectivity index (χ0v) is 16.5. The van der Waals surface area contributed by atoms with Gasteiger partial charge in [0.25, 0.3) is 0 Å². The molecule has 0 aromatic carbocycles. The number of aliphatic carboxylic acids is 1. The number of carboxylic acids is 1. The predicted molar refractivity (Wildman–Crippen MR) is 97.1 cm³/mol. The van der Waals surface area contributed by atoms with Gasteiger partial charge in [-0.2, -0.15) is 24.5 Å². The molecule has 1 aromatic heterocycles. The van der Waals surface area contributed by atoms with E-state index < -0.39 is 12.1 Å². The molecule has 2 amide bonds. The number of halogens is 3. The highest BCUT2D eigenvalue weighted by atomic mass is 32.1. The van der Waals surface area contributed by atoms with Gasteiger partial charge in [0.15, 0.2) is 0 Å². The van der Waals surface area contributed by atoms with Crippen LogP contribution in [0.4, 0.5) is 18.0 Å². The lowest BCUT2D eigenvalue weighted by Gasteiger charge is -2.28. The molecule has 0 spiro atoms. The number of carboxylic acid groups (broad SMARTS) is 1. The second-order valence-electron chi connectivity index (χ2n) is 7.23. The molecule has 0 aliphatic carbocycles. The van der Waals surface area contributed by atoms with Gasteiger partial charge in [-0.15, -0.1) is 0 Å². The maximum absolute atomic E-state index is 11.8. The molecule has 28 heavy (non-hydrogen) atoms. The summed E-state index contributed by atoms with van der Waals surface area (Å²) in [6.07, 6.45) is -5.08. The van der Waals surface area contributed by atoms with Crippen LogP contribution in [0.25, 0.3) is 0 Å². The first-order valence-electron chi connectivity index (χ1n) is 8.60. The molecule has 3 heterocycles. The number of hydrogen-bond acceptors (Lipinski definition) is 5. The predicted octanol–water partition coefficient (Wildman–Crippen LogP) is 2.10. The van der Waals surface area contributed by atoms with Gasteiger partial charge < -0.3 is 20.1 Å². The summed E-state index contributed by atoms with van der Waals surface area (Å²) in [5.74, 6) is -2.23. The Morgan fingerprint density at radius 1 is 1.46 bits per heavy atom. The number of alkyl halides is 3. The molecule has 2 N–H and O–H groups in total. The fourth-order valence-corrected chi connectivity index (χ4v) is 4.02. The molecule has 3 rings (SSSR count). The highest BCUT2D eigenvalue weighted by molar-refractivity contribution is 7.07. The normalized spacial score (nSPS) is 24.2. The number of amides is 2. The summed E-state index contributed by atoms with van der Waals surface area (Å²) >= 11 is 1.75. The third-order valence-corrected chi connectivity index (χ3v) is 5.55. The van der Waals surface area contributed by atoms with E-state index in [9.17, 15) is 18.0 Å². The fraction of sp³-hybridized carbons (Fsp3) is 0.647. The summed E-state index contributed by atoms with van der Waals surface area (Å²) in [5, 5.41) is 14.5.